The SMILES string of the molecule is CCOc1ccc(/C=N/NC(=O)c2ccoc2C)cc1CN1CC2CC(C1)c1cccc(=O)n1C2. The molecule has 5 rings (SSSR count). The Morgan fingerprint density at radius 1 is 1.23 bits per heavy atom. The van der Waals surface area contributed by atoms with E-state index in [1.807, 2.05) is 29.7 Å². The Morgan fingerprint density at radius 3 is 2.91 bits per heavy atom. The fraction of sp³-hybridized carbons (Fsp3) is 0.370. The molecule has 1 aromatic carbocycles. The fourth-order valence-corrected chi connectivity index (χ4v) is 5.31. The van der Waals surface area contributed by atoms with Crippen molar-refractivity contribution in [2.45, 2.75) is 39.3 Å². The van der Waals surface area contributed by atoms with Crippen LogP contribution in [0.5, 0.6) is 5.75 Å². The summed E-state index contributed by atoms with van der Waals surface area (Å²) in [6, 6.07) is 13.2. The molecule has 2 aliphatic rings. The van der Waals surface area contributed by atoms with Gasteiger partial charge < -0.3 is 13.7 Å². The van der Waals surface area contributed by atoms with Gasteiger partial charge in [0.2, 0.25) is 0 Å². The third-order valence-electron chi connectivity index (χ3n) is 6.82. The molecule has 1 N–H and O–H groups in total. The molecule has 2 unspecified atom stereocenters. The highest BCUT2D eigenvalue weighted by Crippen LogP contribution is 2.36. The molecule has 8 heteroatoms. The van der Waals surface area contributed by atoms with Crippen molar-refractivity contribution < 1.29 is 13.9 Å². The highest BCUT2D eigenvalue weighted by molar-refractivity contribution is 5.95. The van der Waals surface area contributed by atoms with Crippen molar-refractivity contribution in [1.29, 1.82) is 0 Å². The number of ether oxygens (including phenoxy) is 1. The van der Waals surface area contributed by atoms with Crippen LogP contribution in [0.4, 0.5) is 0 Å². The zero-order chi connectivity index (χ0) is 24.4. The average Bonchev–Trinajstić information content (AvgIpc) is 3.27. The number of rotatable bonds is 7. The number of fused-ring (bicyclic) bond motifs is 4. The Hall–Kier alpha value is -3.65. The molecule has 2 aromatic heterocycles. The number of hydrazone groups is 1. The Balaban J connectivity index is 1.31. The third kappa shape index (κ3) is 4.93. The van der Waals surface area contributed by atoms with E-state index in [0.717, 1.165) is 55.2 Å². The van der Waals surface area contributed by atoms with Gasteiger partial charge in [-0.3, -0.25) is 14.5 Å². The van der Waals surface area contributed by atoms with E-state index in [4.69, 9.17) is 9.15 Å². The van der Waals surface area contributed by atoms with Crippen molar-refractivity contribution in [1.82, 2.24) is 14.9 Å². The topological polar surface area (TPSA) is 89.1 Å². The summed E-state index contributed by atoms with van der Waals surface area (Å²) in [6.45, 7) is 7.69. The summed E-state index contributed by atoms with van der Waals surface area (Å²) in [4.78, 5) is 27.0. The van der Waals surface area contributed by atoms with E-state index in [1.165, 1.54) is 6.26 Å². The van der Waals surface area contributed by atoms with E-state index in [-0.39, 0.29) is 11.5 Å². The maximum absolute atomic E-state index is 12.3. The van der Waals surface area contributed by atoms with Crippen LogP contribution in [0.1, 0.15) is 52.2 Å². The van der Waals surface area contributed by atoms with Gasteiger partial charge in [-0.25, -0.2) is 5.43 Å². The van der Waals surface area contributed by atoms with E-state index in [2.05, 4.69) is 27.6 Å². The Labute approximate surface area is 204 Å². The lowest BCUT2D eigenvalue weighted by molar-refractivity contribution is 0.0953. The van der Waals surface area contributed by atoms with Gasteiger partial charge in [0.05, 0.1) is 24.6 Å². The van der Waals surface area contributed by atoms with Gasteiger partial charge in [-0.15, -0.1) is 0 Å². The Bertz CT molecular complexity index is 1310. The minimum absolute atomic E-state index is 0.103. The second-order valence-electron chi connectivity index (χ2n) is 9.28. The molecule has 2 bridgehead atoms. The van der Waals surface area contributed by atoms with E-state index >= 15 is 0 Å². The molecule has 2 atom stereocenters. The van der Waals surface area contributed by atoms with Gasteiger partial charge >= 0.3 is 0 Å². The molecule has 1 saturated heterocycles. The van der Waals surface area contributed by atoms with Crippen LogP contribution in [0.25, 0.3) is 0 Å². The number of aromatic nitrogens is 1. The maximum atomic E-state index is 12.3. The summed E-state index contributed by atoms with van der Waals surface area (Å²) in [6.07, 6.45) is 4.25. The van der Waals surface area contributed by atoms with Crippen molar-refractivity contribution >= 4 is 12.1 Å². The molecule has 0 aliphatic carbocycles. The first-order chi connectivity index (χ1) is 17.0. The molecule has 8 nitrogen and oxygen atoms in total. The monoisotopic (exact) mass is 474 g/mol. The lowest BCUT2D eigenvalue weighted by atomic mass is 9.83. The standard InChI is InChI=1S/C27H30N4O4/c1-3-34-25-8-7-19(13-28-29-27(33)23-9-10-35-18(23)2)11-22(25)17-30-14-20-12-21(16-30)24-5-4-6-26(32)31(24)15-20/h4-11,13,20-21H,3,12,14-17H2,1-2H3,(H,29,33)/b28-13+. The zero-order valence-electron chi connectivity index (χ0n) is 20.1. The smallest absolute Gasteiger partial charge is 0.274 e. The molecule has 182 valence electrons. The number of carbonyl (C=O) groups is 1. The molecule has 1 amide bonds. The van der Waals surface area contributed by atoms with E-state index in [0.29, 0.717) is 29.8 Å². The van der Waals surface area contributed by atoms with Gasteiger partial charge in [0.25, 0.3) is 11.5 Å². The minimum Gasteiger partial charge on any atom is -0.494 e. The lowest BCUT2D eigenvalue weighted by Crippen LogP contribution is -2.46. The van der Waals surface area contributed by atoms with E-state index < -0.39 is 0 Å². The second-order valence-corrected chi connectivity index (χ2v) is 9.28. The number of hydrogen-bond acceptors (Lipinski definition) is 6. The second kappa shape index (κ2) is 9.92. The summed E-state index contributed by atoms with van der Waals surface area (Å²) >= 11 is 0. The van der Waals surface area contributed by atoms with Crippen LogP contribution >= 0.6 is 0 Å². The molecule has 0 radical (unpaired) electrons. The first-order valence-electron chi connectivity index (χ1n) is 12.1. The summed E-state index contributed by atoms with van der Waals surface area (Å²) < 4.78 is 13.0. The predicted octanol–water partition coefficient (Wildman–Crippen LogP) is 3.53. The van der Waals surface area contributed by atoms with Gasteiger partial charge in [0.15, 0.2) is 0 Å². The van der Waals surface area contributed by atoms with Crippen molar-refractivity contribution in [2.75, 3.05) is 19.7 Å². The number of furan rings is 1. The van der Waals surface area contributed by atoms with Crippen LogP contribution in [-0.2, 0) is 13.1 Å². The van der Waals surface area contributed by atoms with Gasteiger partial charge in [0.1, 0.15) is 11.5 Å². The molecular weight excluding hydrogens is 444 g/mol. The summed E-state index contributed by atoms with van der Waals surface area (Å²) in [5, 5.41) is 4.13. The van der Waals surface area contributed by atoms with Gasteiger partial charge in [-0.1, -0.05) is 6.07 Å². The summed E-state index contributed by atoms with van der Waals surface area (Å²) in [7, 11) is 0. The third-order valence-corrected chi connectivity index (χ3v) is 6.82. The van der Waals surface area contributed by atoms with Crippen LogP contribution in [0, 0.1) is 12.8 Å². The number of amides is 1. The van der Waals surface area contributed by atoms with Crippen LogP contribution < -0.4 is 15.7 Å². The lowest BCUT2D eigenvalue weighted by Gasteiger charge is -2.43. The first-order valence-corrected chi connectivity index (χ1v) is 12.1. The van der Waals surface area contributed by atoms with Crippen molar-refractivity contribution in [2.24, 2.45) is 11.0 Å². The molecule has 2 aliphatic heterocycles. The molecule has 4 heterocycles. The molecule has 1 fully saturated rings. The number of piperidine rings is 1. The van der Waals surface area contributed by atoms with Gasteiger partial charge in [0, 0.05) is 49.4 Å². The fourth-order valence-electron chi connectivity index (χ4n) is 5.31. The highest BCUT2D eigenvalue weighted by Gasteiger charge is 2.34. The van der Waals surface area contributed by atoms with Gasteiger partial charge in [-0.2, -0.15) is 5.10 Å². The normalized spacial score (nSPS) is 19.5. The van der Waals surface area contributed by atoms with Crippen molar-refractivity contribution in [3.63, 3.8) is 0 Å². The summed E-state index contributed by atoms with van der Waals surface area (Å²) in [5.74, 6) is 1.93. The average molecular weight is 475 g/mol. The molecule has 3 aromatic rings. The summed E-state index contributed by atoms with van der Waals surface area (Å²) in [5.41, 5.74) is 6.23. The maximum Gasteiger partial charge on any atom is 0.274 e. The van der Waals surface area contributed by atoms with E-state index in [1.54, 1.807) is 25.3 Å². The number of hydrogen-bond donors (Lipinski definition) is 1. The Kier molecular flexibility index (Phi) is 6.55. The number of pyridine rings is 1. The van der Waals surface area contributed by atoms with Crippen LogP contribution in [0.2, 0.25) is 0 Å². The number of benzene rings is 1. The number of carbonyl (C=O) groups excluding carboxylic acids is 1. The number of likely N-dealkylation sites (tertiary alicyclic amines) is 1. The van der Waals surface area contributed by atoms with Crippen LogP contribution in [0.15, 0.2) is 63.0 Å². The molecule has 0 spiro atoms. The highest BCUT2D eigenvalue weighted by atomic mass is 16.5. The van der Waals surface area contributed by atoms with Crippen LogP contribution in [0.3, 0.4) is 0 Å². The number of aryl methyl sites for hydroxylation is 1. The predicted molar refractivity (Wildman–Crippen MR) is 133 cm³/mol. The molecule has 0 saturated carbocycles. The molecule has 35 heavy (non-hydrogen) atoms. The first kappa shape index (κ1) is 23.1. The number of nitrogens with one attached hydrogen (secondary N) is 1. The van der Waals surface area contributed by atoms with Crippen molar-refractivity contribution in [3.8, 4) is 5.75 Å². The van der Waals surface area contributed by atoms with Crippen LogP contribution in [-0.4, -0.2) is 41.3 Å². The zero-order valence-corrected chi connectivity index (χ0v) is 20.1. The van der Waals surface area contributed by atoms with E-state index in [9.17, 15) is 9.59 Å². The van der Waals surface area contributed by atoms with Gasteiger partial charge in [-0.05, 0) is 62.1 Å². The quantitative estimate of drug-likeness (QED) is 0.418. The molecular formula is C27H30N4O4. The largest absolute Gasteiger partial charge is 0.494 e. The van der Waals surface area contributed by atoms with Crippen molar-refractivity contribution in [3.05, 3.63) is 87.2 Å². The minimum atomic E-state index is -0.307. The Morgan fingerprint density at radius 2 is 2.11 bits per heavy atom. The number of nitrogens with zero attached hydrogens (tertiary/aromatic N) is 3.